The maximum absolute atomic E-state index is 12.9. The van der Waals surface area contributed by atoms with E-state index in [2.05, 4.69) is 21.2 Å². The zero-order valence-corrected chi connectivity index (χ0v) is 12.8. The summed E-state index contributed by atoms with van der Waals surface area (Å²) in [7, 11) is 0. The highest BCUT2D eigenvalue weighted by Crippen LogP contribution is 2.27. The molecule has 0 radical (unpaired) electrons. The molecular weight excluding hydrogens is 343 g/mol. The van der Waals surface area contributed by atoms with E-state index in [4.69, 9.17) is 5.73 Å². The van der Waals surface area contributed by atoms with E-state index < -0.39 is 5.82 Å². The zero-order valence-electron chi connectivity index (χ0n) is 10.4. The predicted molar refractivity (Wildman–Crippen MR) is 84.3 cm³/mol. The summed E-state index contributed by atoms with van der Waals surface area (Å²) in [6.45, 7) is 0. The maximum atomic E-state index is 12.9. The van der Waals surface area contributed by atoms with Crippen LogP contribution >= 0.6 is 27.7 Å². The minimum atomic E-state index is -0.428. The van der Waals surface area contributed by atoms with Gasteiger partial charge in [0.05, 0.1) is 17.1 Å². The number of amides is 1. The number of thioether (sulfide) groups is 1. The van der Waals surface area contributed by atoms with Crippen molar-refractivity contribution in [2.75, 3.05) is 16.8 Å². The van der Waals surface area contributed by atoms with Crippen LogP contribution in [0.15, 0.2) is 51.8 Å². The van der Waals surface area contributed by atoms with Crippen LogP contribution in [-0.2, 0) is 4.79 Å². The average molecular weight is 355 g/mol. The van der Waals surface area contributed by atoms with Gasteiger partial charge in [0.2, 0.25) is 5.91 Å². The Hall–Kier alpha value is -1.53. The fraction of sp³-hybridized carbons (Fsp3) is 0.0714. The standard InChI is InChI=1S/C14H12BrFN2OS/c15-10-3-1-2-4-13(10)20-8-14(19)18-12-6-5-9(16)7-11(12)17/h1-7H,8,17H2,(H,18,19). The first kappa shape index (κ1) is 14.9. The minimum absolute atomic E-state index is 0.191. The summed E-state index contributed by atoms with van der Waals surface area (Å²) in [5.74, 6) is -0.369. The molecule has 3 nitrogen and oxygen atoms in total. The third kappa shape index (κ3) is 3.98. The van der Waals surface area contributed by atoms with E-state index in [1.807, 2.05) is 24.3 Å². The van der Waals surface area contributed by atoms with Gasteiger partial charge in [-0.25, -0.2) is 4.39 Å². The summed E-state index contributed by atoms with van der Waals surface area (Å²) in [4.78, 5) is 12.8. The molecule has 0 unspecified atom stereocenters. The molecule has 2 aromatic carbocycles. The lowest BCUT2D eigenvalue weighted by atomic mass is 10.2. The lowest BCUT2D eigenvalue weighted by molar-refractivity contribution is -0.113. The normalized spacial score (nSPS) is 10.3. The van der Waals surface area contributed by atoms with Gasteiger partial charge in [-0.3, -0.25) is 4.79 Å². The second kappa shape index (κ2) is 6.76. The van der Waals surface area contributed by atoms with Crippen LogP contribution in [0.2, 0.25) is 0 Å². The largest absolute Gasteiger partial charge is 0.397 e. The number of hydrogen-bond donors (Lipinski definition) is 2. The molecule has 0 aromatic heterocycles. The third-order valence-electron chi connectivity index (χ3n) is 2.48. The molecule has 0 aliphatic heterocycles. The van der Waals surface area contributed by atoms with Crippen LogP contribution in [0.25, 0.3) is 0 Å². The first-order valence-corrected chi connectivity index (χ1v) is 7.56. The molecule has 0 bridgehead atoms. The monoisotopic (exact) mass is 354 g/mol. The van der Waals surface area contributed by atoms with Crippen molar-refractivity contribution in [1.82, 2.24) is 0 Å². The van der Waals surface area contributed by atoms with Gasteiger partial charge in [-0.1, -0.05) is 12.1 Å². The van der Waals surface area contributed by atoms with Crippen molar-refractivity contribution in [3.05, 3.63) is 52.8 Å². The van der Waals surface area contributed by atoms with E-state index in [9.17, 15) is 9.18 Å². The molecule has 104 valence electrons. The van der Waals surface area contributed by atoms with E-state index in [-0.39, 0.29) is 17.3 Å². The second-order valence-corrected chi connectivity index (χ2v) is 5.87. The molecule has 0 saturated carbocycles. The summed E-state index contributed by atoms with van der Waals surface area (Å²) in [6, 6.07) is 11.5. The molecule has 0 saturated heterocycles. The highest BCUT2D eigenvalue weighted by molar-refractivity contribution is 9.10. The van der Waals surface area contributed by atoms with Crippen LogP contribution in [0.4, 0.5) is 15.8 Å². The number of anilines is 2. The lowest BCUT2D eigenvalue weighted by Crippen LogP contribution is -2.15. The molecule has 20 heavy (non-hydrogen) atoms. The number of nitrogens with two attached hydrogens (primary N) is 1. The highest BCUT2D eigenvalue weighted by Gasteiger charge is 2.08. The SMILES string of the molecule is Nc1cc(F)ccc1NC(=O)CSc1ccccc1Br. The van der Waals surface area contributed by atoms with Gasteiger partial charge in [-0.15, -0.1) is 11.8 Å². The Labute approximate surface area is 128 Å². The Morgan fingerprint density at radius 3 is 2.75 bits per heavy atom. The molecule has 2 rings (SSSR count). The van der Waals surface area contributed by atoms with E-state index in [1.165, 1.54) is 30.0 Å². The van der Waals surface area contributed by atoms with E-state index >= 15 is 0 Å². The predicted octanol–water partition coefficient (Wildman–Crippen LogP) is 3.90. The smallest absolute Gasteiger partial charge is 0.234 e. The van der Waals surface area contributed by atoms with Crippen LogP contribution in [0, 0.1) is 5.82 Å². The van der Waals surface area contributed by atoms with Gasteiger partial charge in [-0.05, 0) is 46.3 Å². The van der Waals surface area contributed by atoms with Crippen molar-refractivity contribution in [1.29, 1.82) is 0 Å². The van der Waals surface area contributed by atoms with Crippen molar-refractivity contribution in [3.8, 4) is 0 Å². The van der Waals surface area contributed by atoms with Crippen molar-refractivity contribution < 1.29 is 9.18 Å². The average Bonchev–Trinajstić information content (AvgIpc) is 2.41. The van der Waals surface area contributed by atoms with Gasteiger partial charge >= 0.3 is 0 Å². The second-order valence-electron chi connectivity index (χ2n) is 4.00. The first-order valence-electron chi connectivity index (χ1n) is 5.78. The van der Waals surface area contributed by atoms with Crippen molar-refractivity contribution in [3.63, 3.8) is 0 Å². The fourth-order valence-electron chi connectivity index (χ4n) is 1.54. The van der Waals surface area contributed by atoms with E-state index in [0.29, 0.717) is 5.69 Å². The number of carbonyl (C=O) groups is 1. The molecular formula is C14H12BrFN2OS. The van der Waals surface area contributed by atoms with Gasteiger partial charge < -0.3 is 11.1 Å². The Bertz CT molecular complexity index is 636. The lowest BCUT2D eigenvalue weighted by Gasteiger charge is -2.08. The van der Waals surface area contributed by atoms with Gasteiger partial charge in [-0.2, -0.15) is 0 Å². The van der Waals surface area contributed by atoms with Crippen LogP contribution < -0.4 is 11.1 Å². The summed E-state index contributed by atoms with van der Waals surface area (Å²) in [5.41, 5.74) is 6.26. The Morgan fingerprint density at radius 2 is 2.05 bits per heavy atom. The van der Waals surface area contributed by atoms with Gasteiger partial charge in [0, 0.05) is 9.37 Å². The third-order valence-corrected chi connectivity index (χ3v) is 4.51. The minimum Gasteiger partial charge on any atom is -0.397 e. The first-order chi connectivity index (χ1) is 9.56. The number of nitrogen functional groups attached to an aromatic ring is 1. The van der Waals surface area contributed by atoms with Crippen LogP contribution in [-0.4, -0.2) is 11.7 Å². The van der Waals surface area contributed by atoms with Gasteiger partial charge in [0.15, 0.2) is 0 Å². The highest BCUT2D eigenvalue weighted by atomic mass is 79.9. The van der Waals surface area contributed by atoms with Gasteiger partial charge in [0.1, 0.15) is 5.82 Å². The van der Waals surface area contributed by atoms with Crippen LogP contribution in [0.5, 0.6) is 0 Å². The number of halogens is 2. The molecule has 0 spiro atoms. The number of hydrogen-bond acceptors (Lipinski definition) is 3. The van der Waals surface area contributed by atoms with Crippen LogP contribution in [0.1, 0.15) is 0 Å². The summed E-state index contributed by atoms with van der Waals surface area (Å²) in [6.07, 6.45) is 0. The fourth-order valence-corrected chi connectivity index (χ4v) is 2.91. The molecule has 0 heterocycles. The summed E-state index contributed by atoms with van der Waals surface area (Å²) >= 11 is 4.83. The summed E-state index contributed by atoms with van der Waals surface area (Å²) in [5, 5.41) is 2.66. The Balaban J connectivity index is 1.94. The topological polar surface area (TPSA) is 55.1 Å². The number of nitrogens with one attached hydrogen (secondary N) is 1. The van der Waals surface area contributed by atoms with Crippen LogP contribution in [0.3, 0.4) is 0 Å². The number of carbonyl (C=O) groups excluding carboxylic acids is 1. The van der Waals surface area contributed by atoms with Crippen molar-refractivity contribution in [2.45, 2.75) is 4.90 Å². The Morgan fingerprint density at radius 1 is 1.30 bits per heavy atom. The molecule has 3 N–H and O–H groups in total. The maximum Gasteiger partial charge on any atom is 0.234 e. The van der Waals surface area contributed by atoms with Gasteiger partial charge in [0.25, 0.3) is 0 Å². The van der Waals surface area contributed by atoms with Crippen molar-refractivity contribution in [2.24, 2.45) is 0 Å². The molecule has 0 fully saturated rings. The molecule has 0 aliphatic rings. The molecule has 1 amide bonds. The van der Waals surface area contributed by atoms with Crippen molar-refractivity contribution >= 4 is 45.0 Å². The summed E-state index contributed by atoms with van der Waals surface area (Å²) < 4.78 is 13.8. The quantitative estimate of drug-likeness (QED) is 0.646. The molecule has 0 atom stereocenters. The number of rotatable bonds is 4. The molecule has 6 heteroatoms. The molecule has 2 aromatic rings. The molecule has 0 aliphatic carbocycles. The zero-order chi connectivity index (χ0) is 14.5. The number of benzene rings is 2. The Kier molecular flexibility index (Phi) is 5.03. The van der Waals surface area contributed by atoms with E-state index in [1.54, 1.807) is 0 Å². The van der Waals surface area contributed by atoms with E-state index in [0.717, 1.165) is 9.37 Å².